The van der Waals surface area contributed by atoms with Crippen molar-refractivity contribution in [3.05, 3.63) is 106 Å². The molecule has 0 radical (unpaired) electrons. The van der Waals surface area contributed by atoms with Crippen LogP contribution in [0.1, 0.15) is 92.6 Å². The van der Waals surface area contributed by atoms with Gasteiger partial charge in [-0.25, -0.2) is 9.59 Å². The fourth-order valence-corrected chi connectivity index (χ4v) is 7.58. The Balaban J connectivity index is 1.33. The van der Waals surface area contributed by atoms with E-state index in [9.17, 15) is 19.8 Å². The van der Waals surface area contributed by atoms with Crippen molar-refractivity contribution in [2.24, 2.45) is 11.3 Å². The minimum Gasteiger partial charge on any atom is -0.478 e. The average Bonchev–Trinajstić information content (AvgIpc) is 3.25. The van der Waals surface area contributed by atoms with E-state index in [1.807, 2.05) is 25.2 Å². The first-order chi connectivity index (χ1) is 20.5. The number of rotatable bonds is 7. The van der Waals surface area contributed by atoms with Crippen LogP contribution in [0.5, 0.6) is 0 Å². The van der Waals surface area contributed by atoms with E-state index in [0.717, 1.165) is 47.5 Å². The second kappa shape index (κ2) is 11.1. The summed E-state index contributed by atoms with van der Waals surface area (Å²) < 4.78 is 2.18. The number of fused-ring (bicyclic) bond motifs is 2. The molecule has 2 aromatic carbocycles. The molecule has 0 saturated heterocycles. The second-order valence-corrected chi connectivity index (χ2v) is 14.4. The monoisotopic (exact) mass is 593 g/mol. The zero-order valence-corrected chi connectivity index (χ0v) is 27.2. The molecule has 2 heterocycles. The van der Waals surface area contributed by atoms with Crippen LogP contribution in [0.25, 0.3) is 0 Å². The largest absolute Gasteiger partial charge is 0.478 e. The molecule has 0 spiro atoms. The molecule has 230 valence electrons. The number of hydrogen-bond donors (Lipinski definition) is 2. The number of nitrogens with zero attached hydrogens (tertiary/aromatic N) is 2. The molecule has 0 bridgehead atoms. The highest BCUT2D eigenvalue weighted by Gasteiger charge is 2.43. The second-order valence-electron chi connectivity index (χ2n) is 14.4. The van der Waals surface area contributed by atoms with Gasteiger partial charge in [0, 0.05) is 41.6 Å². The predicted octanol–water partition coefficient (Wildman–Crippen LogP) is 8.27. The van der Waals surface area contributed by atoms with Crippen LogP contribution in [0.3, 0.4) is 0 Å². The standard InChI is InChI=1S/C38H44N2O4/c1-36(2)22-24(11-9-13-32-37(3,4)28-20-26(34(41)42)15-17-30(28)39(32)7)19-25(23-36)12-10-14-33-38(5,6)29-21-27(35(43)44)16-18-31(29)40(33)8/h9-11,13-21,25H,12,22-23H2,1-8H3,(H-,41,42,43,44)/p+1. The highest BCUT2D eigenvalue weighted by molar-refractivity contribution is 6.03. The van der Waals surface area contributed by atoms with Crippen molar-refractivity contribution < 1.29 is 24.4 Å². The number of benzene rings is 2. The fourth-order valence-electron chi connectivity index (χ4n) is 7.58. The summed E-state index contributed by atoms with van der Waals surface area (Å²) in [5.74, 6) is -1.39. The van der Waals surface area contributed by atoms with Crippen LogP contribution < -0.4 is 4.90 Å². The summed E-state index contributed by atoms with van der Waals surface area (Å²) in [5.41, 5.74) is 8.05. The maximum Gasteiger partial charge on any atom is 0.335 e. The van der Waals surface area contributed by atoms with Crippen molar-refractivity contribution in [2.75, 3.05) is 19.0 Å². The molecule has 5 rings (SSSR count). The van der Waals surface area contributed by atoms with E-state index >= 15 is 0 Å². The number of hydrogen-bond acceptors (Lipinski definition) is 3. The lowest BCUT2D eigenvalue weighted by Gasteiger charge is -2.33. The third-order valence-electron chi connectivity index (χ3n) is 9.79. The van der Waals surface area contributed by atoms with E-state index in [4.69, 9.17) is 0 Å². The lowest BCUT2D eigenvalue weighted by Crippen LogP contribution is -2.27. The van der Waals surface area contributed by atoms with Gasteiger partial charge in [-0.05, 0) is 86.4 Å². The molecule has 1 aliphatic carbocycles. The lowest BCUT2D eigenvalue weighted by molar-refractivity contribution is -0.401. The van der Waals surface area contributed by atoms with E-state index < -0.39 is 11.9 Å². The van der Waals surface area contributed by atoms with Crippen molar-refractivity contribution in [1.82, 2.24) is 0 Å². The number of carboxylic acids is 2. The molecule has 44 heavy (non-hydrogen) atoms. The quantitative estimate of drug-likeness (QED) is 0.316. The third kappa shape index (κ3) is 5.58. The van der Waals surface area contributed by atoms with Crippen LogP contribution in [-0.2, 0) is 10.8 Å². The molecule has 2 N–H and O–H groups in total. The number of likely N-dealkylation sites (N-methyl/N-ethyl adjacent to an activating group) is 1. The molecule has 1 atom stereocenters. The Morgan fingerprint density at radius 3 is 2.23 bits per heavy atom. The van der Waals surface area contributed by atoms with Gasteiger partial charge in [-0.1, -0.05) is 57.6 Å². The van der Waals surface area contributed by atoms with E-state index in [0.29, 0.717) is 17.0 Å². The van der Waals surface area contributed by atoms with Crippen molar-refractivity contribution in [2.45, 2.75) is 71.6 Å². The van der Waals surface area contributed by atoms with Crippen LogP contribution >= 0.6 is 0 Å². The number of aromatic carboxylic acids is 2. The average molecular weight is 594 g/mol. The molecule has 1 unspecified atom stereocenters. The summed E-state index contributed by atoms with van der Waals surface area (Å²) in [5, 5.41) is 19.0. The summed E-state index contributed by atoms with van der Waals surface area (Å²) >= 11 is 0. The first-order valence-corrected chi connectivity index (χ1v) is 15.4. The Labute approximate surface area is 261 Å². The minimum atomic E-state index is -0.906. The van der Waals surface area contributed by atoms with Crippen molar-refractivity contribution in [1.29, 1.82) is 0 Å². The molecular formula is C38H45N2O4+. The molecule has 0 saturated carbocycles. The number of carboxylic acid groups (broad SMARTS) is 2. The maximum absolute atomic E-state index is 11.6. The van der Waals surface area contributed by atoms with Gasteiger partial charge >= 0.3 is 11.9 Å². The van der Waals surface area contributed by atoms with Crippen molar-refractivity contribution in [3.63, 3.8) is 0 Å². The maximum atomic E-state index is 11.6. The summed E-state index contributed by atoms with van der Waals surface area (Å²) in [4.78, 5) is 25.3. The first-order valence-electron chi connectivity index (χ1n) is 15.4. The summed E-state index contributed by atoms with van der Waals surface area (Å²) in [6, 6.07) is 10.8. The summed E-state index contributed by atoms with van der Waals surface area (Å²) in [6.07, 6.45) is 16.5. The van der Waals surface area contributed by atoms with Crippen LogP contribution in [0.2, 0.25) is 0 Å². The first kappa shape index (κ1) is 31.2. The molecule has 6 heteroatoms. The molecular weight excluding hydrogens is 548 g/mol. The van der Waals surface area contributed by atoms with Gasteiger partial charge < -0.3 is 15.1 Å². The topological polar surface area (TPSA) is 80.8 Å². The van der Waals surface area contributed by atoms with Gasteiger partial charge in [-0.3, -0.25) is 0 Å². The normalized spacial score (nSPS) is 22.5. The Kier molecular flexibility index (Phi) is 7.86. The highest BCUT2D eigenvalue weighted by atomic mass is 16.4. The van der Waals surface area contributed by atoms with Gasteiger partial charge in [0.25, 0.3) is 0 Å². The van der Waals surface area contributed by atoms with Crippen molar-refractivity contribution in [3.8, 4) is 0 Å². The van der Waals surface area contributed by atoms with Gasteiger partial charge in [0.05, 0.1) is 16.5 Å². The van der Waals surface area contributed by atoms with Crippen LogP contribution in [0.15, 0.2) is 84.1 Å². The summed E-state index contributed by atoms with van der Waals surface area (Å²) in [7, 11) is 4.10. The Bertz CT molecular complexity index is 1700. The smallest absolute Gasteiger partial charge is 0.335 e. The van der Waals surface area contributed by atoms with Crippen molar-refractivity contribution >= 4 is 29.0 Å². The Morgan fingerprint density at radius 1 is 0.932 bits per heavy atom. The van der Waals surface area contributed by atoms with Crippen LogP contribution in [0, 0.1) is 11.3 Å². The SMILES string of the molecule is CN1C(=CC=CC2=CC(CC=CC3=[N+](C)c4ccc(C(=O)O)cc4C3(C)C)CC(C)(C)C2)C(C)(C)c2cc(C(=O)O)ccc21. The molecule has 0 aromatic heterocycles. The lowest BCUT2D eigenvalue weighted by atomic mass is 9.72. The Hall–Kier alpha value is -4.19. The zero-order chi connectivity index (χ0) is 32.2. The van der Waals surface area contributed by atoms with Crippen LogP contribution in [-0.4, -0.2) is 46.5 Å². The van der Waals surface area contributed by atoms with Gasteiger partial charge in [-0.15, -0.1) is 0 Å². The number of allylic oxidation sites excluding steroid dienone is 8. The number of carbonyl (C=O) groups is 2. The van der Waals surface area contributed by atoms with E-state index in [1.54, 1.807) is 18.2 Å². The number of anilines is 1. The molecule has 6 nitrogen and oxygen atoms in total. The van der Waals surface area contributed by atoms with E-state index in [2.05, 4.69) is 94.5 Å². The fraction of sp³-hybridized carbons (Fsp3) is 0.395. The van der Waals surface area contributed by atoms with Gasteiger partial charge in [-0.2, -0.15) is 4.58 Å². The molecule has 0 fully saturated rings. The van der Waals surface area contributed by atoms with Gasteiger partial charge in [0.2, 0.25) is 5.69 Å². The third-order valence-corrected chi connectivity index (χ3v) is 9.79. The molecule has 3 aliphatic rings. The molecule has 2 aromatic rings. The van der Waals surface area contributed by atoms with Crippen LogP contribution in [0.4, 0.5) is 11.4 Å². The minimum absolute atomic E-state index is 0.187. The zero-order valence-electron chi connectivity index (χ0n) is 27.2. The Morgan fingerprint density at radius 2 is 1.57 bits per heavy atom. The van der Waals surface area contributed by atoms with E-state index in [1.165, 1.54) is 11.3 Å². The summed E-state index contributed by atoms with van der Waals surface area (Å²) in [6.45, 7) is 13.3. The molecule has 0 amide bonds. The highest BCUT2D eigenvalue weighted by Crippen LogP contribution is 2.47. The molecule has 2 aliphatic heterocycles. The predicted molar refractivity (Wildman–Crippen MR) is 178 cm³/mol. The van der Waals surface area contributed by atoms with Gasteiger partial charge in [0.1, 0.15) is 7.05 Å². The van der Waals surface area contributed by atoms with E-state index in [-0.39, 0.29) is 16.2 Å². The van der Waals surface area contributed by atoms with Gasteiger partial charge in [0.15, 0.2) is 5.71 Å².